The van der Waals surface area contributed by atoms with Crippen LogP contribution in [0.3, 0.4) is 0 Å². The summed E-state index contributed by atoms with van der Waals surface area (Å²) in [6.07, 6.45) is 3.32. The molecule has 0 unspecified atom stereocenters. The number of carbonyl (C=O) groups excluding carboxylic acids is 2. The van der Waals surface area contributed by atoms with Crippen molar-refractivity contribution in [3.8, 4) is 0 Å². The van der Waals surface area contributed by atoms with Crippen LogP contribution in [0.15, 0.2) is 54.9 Å². The Bertz CT molecular complexity index is 1300. The Morgan fingerprint density at radius 2 is 1.34 bits per heavy atom. The van der Waals surface area contributed by atoms with Gasteiger partial charge in [0.1, 0.15) is 11.6 Å². The standard InChI is InChI=1S/C28H33N7O3/c1-20-3-4-23(31-27(36)21-5-7-30-26(17-21)35-13-15-38-16-14-35)19-24(20)32-28(37)22-6-8-29-25(18-22)34-11-9-33(2)10-12-34/h3-8,17-19H,9-16H2,1-2H3,(H,31,36)(H,32,37). The molecule has 10 nitrogen and oxygen atoms in total. The molecule has 4 heterocycles. The molecule has 0 atom stereocenters. The molecular weight excluding hydrogens is 482 g/mol. The van der Waals surface area contributed by atoms with Gasteiger partial charge in [0.25, 0.3) is 11.8 Å². The second kappa shape index (κ2) is 11.6. The van der Waals surface area contributed by atoms with Gasteiger partial charge in [0, 0.05) is 74.2 Å². The predicted octanol–water partition coefficient (Wildman–Crippen LogP) is 2.88. The fraction of sp³-hybridized carbons (Fsp3) is 0.357. The zero-order valence-corrected chi connectivity index (χ0v) is 21.8. The summed E-state index contributed by atoms with van der Waals surface area (Å²) in [6, 6.07) is 12.5. The lowest BCUT2D eigenvalue weighted by atomic mass is 10.1. The molecule has 0 bridgehead atoms. The van der Waals surface area contributed by atoms with E-state index in [1.807, 2.05) is 25.1 Å². The van der Waals surface area contributed by atoms with Gasteiger partial charge in [-0.15, -0.1) is 0 Å². The van der Waals surface area contributed by atoms with Gasteiger partial charge in [-0.3, -0.25) is 9.59 Å². The van der Waals surface area contributed by atoms with Gasteiger partial charge in [0.15, 0.2) is 0 Å². The highest BCUT2D eigenvalue weighted by Crippen LogP contribution is 2.23. The maximum Gasteiger partial charge on any atom is 0.255 e. The summed E-state index contributed by atoms with van der Waals surface area (Å²) in [5, 5.41) is 5.94. The molecule has 2 fully saturated rings. The first-order valence-electron chi connectivity index (χ1n) is 12.9. The smallest absolute Gasteiger partial charge is 0.255 e. The van der Waals surface area contributed by atoms with E-state index < -0.39 is 0 Å². The SMILES string of the molecule is Cc1ccc(NC(=O)c2ccnc(N3CCOCC3)c2)cc1NC(=O)c1ccnc(N2CCN(C)CC2)c1. The number of benzene rings is 1. The van der Waals surface area contributed by atoms with Crippen LogP contribution >= 0.6 is 0 Å². The van der Waals surface area contributed by atoms with Gasteiger partial charge in [-0.25, -0.2) is 9.97 Å². The van der Waals surface area contributed by atoms with Crippen molar-refractivity contribution in [1.29, 1.82) is 0 Å². The highest BCUT2D eigenvalue weighted by Gasteiger charge is 2.18. The van der Waals surface area contributed by atoms with Crippen LogP contribution in [-0.2, 0) is 4.74 Å². The van der Waals surface area contributed by atoms with E-state index in [4.69, 9.17) is 4.74 Å². The van der Waals surface area contributed by atoms with E-state index in [0.29, 0.717) is 35.7 Å². The normalized spacial score (nSPS) is 16.3. The van der Waals surface area contributed by atoms with Gasteiger partial charge in [0.2, 0.25) is 0 Å². The summed E-state index contributed by atoms with van der Waals surface area (Å²) in [5.74, 6) is 1.09. The Morgan fingerprint density at radius 3 is 1.97 bits per heavy atom. The van der Waals surface area contributed by atoms with Crippen LogP contribution in [0.5, 0.6) is 0 Å². The maximum absolute atomic E-state index is 13.1. The van der Waals surface area contributed by atoms with Gasteiger partial charge in [-0.2, -0.15) is 0 Å². The molecule has 0 spiro atoms. The Labute approximate surface area is 222 Å². The van der Waals surface area contributed by atoms with E-state index in [-0.39, 0.29) is 11.8 Å². The van der Waals surface area contributed by atoms with Crippen LogP contribution in [0.2, 0.25) is 0 Å². The number of aromatic nitrogens is 2. The number of rotatable bonds is 6. The Hall–Kier alpha value is -4.02. The Balaban J connectivity index is 1.26. The molecule has 5 rings (SSSR count). The number of anilines is 4. The summed E-state index contributed by atoms with van der Waals surface area (Å²) in [7, 11) is 2.10. The van der Waals surface area contributed by atoms with Gasteiger partial charge < -0.3 is 30.1 Å². The predicted molar refractivity (Wildman–Crippen MR) is 148 cm³/mol. The number of nitrogens with one attached hydrogen (secondary N) is 2. The number of likely N-dealkylation sites (N-methyl/N-ethyl adjacent to an activating group) is 1. The zero-order valence-electron chi connectivity index (χ0n) is 21.8. The molecule has 38 heavy (non-hydrogen) atoms. The van der Waals surface area contributed by atoms with Crippen LogP contribution in [0.4, 0.5) is 23.0 Å². The van der Waals surface area contributed by atoms with E-state index in [2.05, 4.69) is 42.3 Å². The van der Waals surface area contributed by atoms with Gasteiger partial charge in [-0.05, 0) is 55.9 Å². The van der Waals surface area contributed by atoms with E-state index >= 15 is 0 Å². The zero-order chi connectivity index (χ0) is 26.5. The number of piperazine rings is 1. The lowest BCUT2D eigenvalue weighted by Crippen LogP contribution is -2.44. The van der Waals surface area contributed by atoms with Crippen molar-refractivity contribution in [1.82, 2.24) is 14.9 Å². The number of aryl methyl sites for hydroxylation is 1. The highest BCUT2D eigenvalue weighted by atomic mass is 16.5. The molecule has 2 aromatic heterocycles. The number of nitrogens with zero attached hydrogens (tertiary/aromatic N) is 5. The summed E-state index contributed by atoms with van der Waals surface area (Å²) in [4.78, 5) is 41.6. The number of amides is 2. The molecule has 2 aliphatic heterocycles. The van der Waals surface area contributed by atoms with Crippen molar-refractivity contribution in [2.45, 2.75) is 6.92 Å². The van der Waals surface area contributed by atoms with Crippen molar-refractivity contribution in [3.05, 3.63) is 71.5 Å². The van der Waals surface area contributed by atoms with Crippen LogP contribution in [0, 0.1) is 6.92 Å². The fourth-order valence-electron chi connectivity index (χ4n) is 4.53. The Morgan fingerprint density at radius 1 is 0.763 bits per heavy atom. The van der Waals surface area contributed by atoms with Crippen LogP contribution in [-0.4, -0.2) is 86.2 Å². The molecule has 2 saturated heterocycles. The summed E-state index contributed by atoms with van der Waals surface area (Å²) in [5.41, 5.74) is 3.17. The average Bonchev–Trinajstić information content (AvgIpc) is 2.96. The molecule has 2 aliphatic rings. The topological polar surface area (TPSA) is 103 Å². The van der Waals surface area contributed by atoms with Crippen molar-refractivity contribution in [2.24, 2.45) is 0 Å². The molecule has 0 aliphatic carbocycles. The molecule has 0 saturated carbocycles. The maximum atomic E-state index is 13.1. The van der Waals surface area contributed by atoms with Crippen LogP contribution in [0.25, 0.3) is 0 Å². The molecular formula is C28H33N7O3. The third-order valence-electron chi connectivity index (χ3n) is 6.92. The first kappa shape index (κ1) is 25.6. The monoisotopic (exact) mass is 515 g/mol. The number of ether oxygens (including phenoxy) is 1. The first-order chi connectivity index (χ1) is 18.5. The molecule has 0 radical (unpaired) electrons. The second-order valence-corrected chi connectivity index (χ2v) is 9.63. The lowest BCUT2D eigenvalue weighted by molar-refractivity contribution is 0.101. The minimum Gasteiger partial charge on any atom is -0.378 e. The van der Waals surface area contributed by atoms with E-state index in [1.165, 1.54) is 0 Å². The van der Waals surface area contributed by atoms with E-state index in [9.17, 15) is 9.59 Å². The minimum absolute atomic E-state index is 0.223. The molecule has 1 aromatic carbocycles. The highest BCUT2D eigenvalue weighted by molar-refractivity contribution is 6.07. The number of hydrogen-bond donors (Lipinski definition) is 2. The van der Waals surface area contributed by atoms with Gasteiger partial charge in [0.05, 0.1) is 13.2 Å². The third-order valence-corrected chi connectivity index (χ3v) is 6.92. The number of carbonyl (C=O) groups is 2. The summed E-state index contributed by atoms with van der Waals surface area (Å²) >= 11 is 0. The van der Waals surface area contributed by atoms with Gasteiger partial charge in [-0.1, -0.05) is 6.07 Å². The molecule has 3 aromatic rings. The first-order valence-corrected chi connectivity index (χ1v) is 12.9. The minimum atomic E-state index is -0.242. The van der Waals surface area contributed by atoms with E-state index in [1.54, 1.807) is 36.7 Å². The molecule has 2 N–H and O–H groups in total. The van der Waals surface area contributed by atoms with Crippen molar-refractivity contribution >= 4 is 34.8 Å². The van der Waals surface area contributed by atoms with Crippen LogP contribution < -0.4 is 20.4 Å². The third kappa shape index (κ3) is 6.09. The van der Waals surface area contributed by atoms with Crippen molar-refractivity contribution < 1.29 is 14.3 Å². The fourth-order valence-corrected chi connectivity index (χ4v) is 4.53. The van der Waals surface area contributed by atoms with Crippen LogP contribution in [0.1, 0.15) is 26.3 Å². The molecule has 2 amide bonds. The molecule has 198 valence electrons. The number of morpholine rings is 1. The van der Waals surface area contributed by atoms with Crippen molar-refractivity contribution in [2.75, 3.05) is 80.0 Å². The lowest BCUT2D eigenvalue weighted by Gasteiger charge is -2.33. The van der Waals surface area contributed by atoms with E-state index in [0.717, 1.165) is 56.5 Å². The largest absolute Gasteiger partial charge is 0.378 e. The Kier molecular flexibility index (Phi) is 7.81. The number of hydrogen-bond acceptors (Lipinski definition) is 8. The van der Waals surface area contributed by atoms with Crippen molar-refractivity contribution in [3.63, 3.8) is 0 Å². The second-order valence-electron chi connectivity index (χ2n) is 9.63. The average molecular weight is 516 g/mol. The quantitative estimate of drug-likeness (QED) is 0.517. The summed E-state index contributed by atoms with van der Waals surface area (Å²) < 4.78 is 5.41. The van der Waals surface area contributed by atoms with Gasteiger partial charge >= 0.3 is 0 Å². The molecule has 10 heteroatoms. The number of pyridine rings is 2. The summed E-state index contributed by atoms with van der Waals surface area (Å²) in [6.45, 7) is 8.37.